The molecule has 0 bridgehead atoms. The van der Waals surface area contributed by atoms with Gasteiger partial charge in [0.15, 0.2) is 0 Å². The quantitative estimate of drug-likeness (QED) is 0.650. The standard InChI is InChI=1S/C20H22O2Se2/c1-3-11-19(15(7-1)17-9-5-13-21-17)23-24-20-12-4-2-8-16(20)18-10-6-14-22-18/h1-4,7-8,11-12,17-18H,5-6,9-10,13-14H2/t17-,18-/m0/s1. The molecule has 0 amide bonds. The molecule has 0 spiro atoms. The van der Waals surface area contributed by atoms with E-state index in [0.29, 0.717) is 38.5 Å². The molecular formula is C20H22O2Se2. The fourth-order valence-electron chi connectivity index (χ4n) is 3.38. The van der Waals surface area contributed by atoms with E-state index in [-0.39, 0.29) is 0 Å². The predicted octanol–water partition coefficient (Wildman–Crippen LogP) is 2.66. The molecule has 2 aromatic carbocycles. The van der Waals surface area contributed by atoms with Crippen molar-refractivity contribution in [2.75, 3.05) is 13.2 Å². The van der Waals surface area contributed by atoms with Crippen molar-refractivity contribution in [2.45, 2.75) is 37.9 Å². The summed E-state index contributed by atoms with van der Waals surface area (Å²) in [5, 5.41) is 0. The van der Waals surface area contributed by atoms with Gasteiger partial charge in [0.25, 0.3) is 0 Å². The van der Waals surface area contributed by atoms with Gasteiger partial charge in [0.1, 0.15) is 0 Å². The average molecular weight is 452 g/mol. The zero-order valence-corrected chi connectivity index (χ0v) is 17.1. The average Bonchev–Trinajstić information content (AvgIpc) is 3.34. The second-order valence-corrected chi connectivity index (χ2v) is 12.4. The summed E-state index contributed by atoms with van der Waals surface area (Å²) < 4.78 is 14.9. The van der Waals surface area contributed by atoms with Gasteiger partial charge in [-0.1, -0.05) is 0 Å². The van der Waals surface area contributed by atoms with Gasteiger partial charge >= 0.3 is 155 Å². The van der Waals surface area contributed by atoms with Crippen molar-refractivity contribution >= 4 is 35.2 Å². The molecule has 126 valence electrons. The summed E-state index contributed by atoms with van der Waals surface area (Å²) in [6.07, 6.45) is 5.39. The van der Waals surface area contributed by atoms with Crippen molar-refractivity contribution < 1.29 is 9.47 Å². The van der Waals surface area contributed by atoms with Crippen LogP contribution in [0.1, 0.15) is 49.0 Å². The van der Waals surface area contributed by atoms with E-state index in [2.05, 4.69) is 48.5 Å². The number of rotatable bonds is 5. The summed E-state index contributed by atoms with van der Waals surface area (Å²) in [5.74, 6) is 0. The van der Waals surface area contributed by atoms with Crippen molar-refractivity contribution in [3.8, 4) is 0 Å². The van der Waals surface area contributed by atoms with E-state index in [0.717, 1.165) is 13.2 Å². The molecule has 2 fully saturated rings. The van der Waals surface area contributed by atoms with E-state index in [1.807, 2.05) is 0 Å². The fourth-order valence-corrected chi connectivity index (χ4v) is 10.8. The first-order valence-electron chi connectivity index (χ1n) is 8.67. The van der Waals surface area contributed by atoms with Gasteiger partial charge in [0.2, 0.25) is 0 Å². The molecule has 0 unspecified atom stereocenters. The molecule has 0 saturated carbocycles. The van der Waals surface area contributed by atoms with Crippen LogP contribution in [-0.2, 0) is 9.47 Å². The Balaban J connectivity index is 1.51. The SMILES string of the molecule is c1ccc([C@@H]2CCCO2)c([Se][Se]c2ccccc2[C@@H]2CCCO2)c1. The zero-order valence-electron chi connectivity index (χ0n) is 13.6. The van der Waals surface area contributed by atoms with Crippen LogP contribution in [0.15, 0.2) is 48.5 Å². The molecule has 0 aromatic heterocycles. The molecule has 2 nitrogen and oxygen atoms in total. The van der Waals surface area contributed by atoms with Crippen LogP contribution in [0.4, 0.5) is 0 Å². The van der Waals surface area contributed by atoms with Gasteiger partial charge in [-0.15, -0.1) is 0 Å². The second-order valence-electron chi connectivity index (χ2n) is 6.25. The van der Waals surface area contributed by atoms with Crippen LogP contribution in [0, 0.1) is 0 Å². The minimum atomic E-state index is 0.326. The Morgan fingerprint density at radius 2 is 1.12 bits per heavy atom. The number of hydrogen-bond donors (Lipinski definition) is 0. The van der Waals surface area contributed by atoms with Crippen molar-refractivity contribution in [2.24, 2.45) is 0 Å². The number of ether oxygens (including phenoxy) is 2. The van der Waals surface area contributed by atoms with E-state index in [1.165, 1.54) is 45.7 Å². The topological polar surface area (TPSA) is 18.5 Å². The van der Waals surface area contributed by atoms with Crippen molar-refractivity contribution in [1.29, 1.82) is 0 Å². The summed E-state index contributed by atoms with van der Waals surface area (Å²) in [7, 11) is 0. The Morgan fingerprint density at radius 1 is 0.667 bits per heavy atom. The van der Waals surface area contributed by atoms with Gasteiger partial charge in [-0.2, -0.15) is 0 Å². The molecular weight excluding hydrogens is 430 g/mol. The Bertz CT molecular complexity index is 617. The molecule has 2 saturated heterocycles. The zero-order chi connectivity index (χ0) is 16.2. The third-order valence-electron chi connectivity index (χ3n) is 4.61. The fraction of sp³-hybridized carbons (Fsp3) is 0.400. The molecule has 2 aliphatic rings. The monoisotopic (exact) mass is 454 g/mol. The van der Waals surface area contributed by atoms with Gasteiger partial charge in [-0.05, 0) is 0 Å². The van der Waals surface area contributed by atoms with Crippen LogP contribution >= 0.6 is 0 Å². The number of benzene rings is 2. The van der Waals surface area contributed by atoms with Gasteiger partial charge in [-0.25, -0.2) is 0 Å². The van der Waals surface area contributed by atoms with E-state index in [1.54, 1.807) is 0 Å². The first kappa shape index (κ1) is 16.8. The minimum absolute atomic E-state index is 0.326. The van der Waals surface area contributed by atoms with Gasteiger partial charge in [0.05, 0.1) is 0 Å². The Labute approximate surface area is 155 Å². The van der Waals surface area contributed by atoms with Crippen LogP contribution < -0.4 is 8.92 Å². The normalized spacial score (nSPS) is 23.7. The second kappa shape index (κ2) is 8.19. The third-order valence-corrected chi connectivity index (χ3v) is 11.9. The molecule has 2 aliphatic heterocycles. The predicted molar refractivity (Wildman–Crippen MR) is 99.5 cm³/mol. The molecule has 4 rings (SSSR count). The Morgan fingerprint density at radius 3 is 1.54 bits per heavy atom. The van der Waals surface area contributed by atoms with Gasteiger partial charge in [0, 0.05) is 0 Å². The van der Waals surface area contributed by atoms with Crippen LogP contribution in [0.25, 0.3) is 0 Å². The molecule has 0 radical (unpaired) electrons. The summed E-state index contributed by atoms with van der Waals surface area (Å²) in [4.78, 5) is 0. The van der Waals surface area contributed by atoms with Crippen molar-refractivity contribution in [3.05, 3.63) is 59.7 Å². The van der Waals surface area contributed by atoms with Gasteiger partial charge < -0.3 is 0 Å². The molecule has 2 atom stereocenters. The maximum atomic E-state index is 5.93. The van der Waals surface area contributed by atoms with Crippen LogP contribution in [0.2, 0.25) is 0 Å². The summed E-state index contributed by atoms with van der Waals surface area (Å²) >= 11 is 0.981. The van der Waals surface area contributed by atoms with Gasteiger partial charge in [-0.3, -0.25) is 0 Å². The van der Waals surface area contributed by atoms with Crippen LogP contribution in [0.5, 0.6) is 0 Å². The van der Waals surface area contributed by atoms with E-state index >= 15 is 0 Å². The Hall–Kier alpha value is -0.601. The first-order valence-corrected chi connectivity index (χ1v) is 14.7. The molecule has 24 heavy (non-hydrogen) atoms. The summed E-state index contributed by atoms with van der Waals surface area (Å²) in [6.45, 7) is 1.83. The maximum absolute atomic E-state index is 5.93. The molecule has 4 heteroatoms. The molecule has 2 heterocycles. The van der Waals surface area contributed by atoms with Crippen LogP contribution in [0.3, 0.4) is 0 Å². The summed E-state index contributed by atoms with van der Waals surface area (Å²) in [5.41, 5.74) is 2.87. The van der Waals surface area contributed by atoms with E-state index in [9.17, 15) is 0 Å². The molecule has 0 N–H and O–H groups in total. The Kier molecular flexibility index (Phi) is 5.75. The number of hydrogen-bond acceptors (Lipinski definition) is 2. The van der Waals surface area contributed by atoms with Crippen molar-refractivity contribution in [3.63, 3.8) is 0 Å². The first-order chi connectivity index (χ1) is 11.9. The molecule has 0 aliphatic carbocycles. The molecule has 2 aromatic rings. The summed E-state index contributed by atoms with van der Waals surface area (Å²) in [6, 6.07) is 17.8. The van der Waals surface area contributed by atoms with E-state index in [4.69, 9.17) is 9.47 Å². The van der Waals surface area contributed by atoms with Crippen molar-refractivity contribution in [1.82, 2.24) is 0 Å². The van der Waals surface area contributed by atoms with Crippen LogP contribution in [-0.4, -0.2) is 39.5 Å². The third kappa shape index (κ3) is 3.80. The van der Waals surface area contributed by atoms with E-state index < -0.39 is 0 Å².